The number of fused-ring (bicyclic) bond motifs is 2. The predicted octanol–water partition coefficient (Wildman–Crippen LogP) is 4.25. The molecule has 2 aliphatic rings. The molecule has 1 amide bonds. The fourth-order valence-electron chi connectivity index (χ4n) is 4.39. The Balaban J connectivity index is 1.43. The van der Waals surface area contributed by atoms with E-state index in [1.165, 1.54) is 5.56 Å². The SMILES string of the molecule is CCCc1ccc(C(=O)N2C3CCC2CC(Oc2ccccn2)C3)cc1. The Labute approximate surface area is 155 Å². The Kier molecular flexibility index (Phi) is 4.91. The van der Waals surface area contributed by atoms with Gasteiger partial charge in [0.1, 0.15) is 6.10 Å². The molecule has 1 aromatic heterocycles. The summed E-state index contributed by atoms with van der Waals surface area (Å²) in [5.74, 6) is 0.861. The van der Waals surface area contributed by atoms with Gasteiger partial charge in [-0.05, 0) is 43.0 Å². The van der Waals surface area contributed by atoms with E-state index in [1.54, 1.807) is 6.20 Å². The first-order valence-corrected chi connectivity index (χ1v) is 9.74. The number of rotatable bonds is 5. The molecule has 0 radical (unpaired) electrons. The van der Waals surface area contributed by atoms with Gasteiger partial charge in [-0.25, -0.2) is 4.98 Å². The molecule has 4 nitrogen and oxygen atoms in total. The summed E-state index contributed by atoms with van der Waals surface area (Å²) in [4.78, 5) is 19.5. The number of piperidine rings is 1. The van der Waals surface area contributed by atoms with Gasteiger partial charge in [0.25, 0.3) is 5.91 Å². The Bertz CT molecular complexity index is 730. The standard InChI is InChI=1S/C22H26N2O2/c1-2-5-16-7-9-17(10-8-16)22(25)24-18-11-12-19(24)15-20(14-18)26-21-6-3-4-13-23-21/h3-4,6-10,13,18-20H,2,5,11-12,14-15H2,1H3. The van der Waals surface area contributed by atoms with E-state index in [9.17, 15) is 4.79 Å². The van der Waals surface area contributed by atoms with Gasteiger partial charge in [-0.3, -0.25) is 4.79 Å². The molecule has 0 aliphatic carbocycles. The topological polar surface area (TPSA) is 42.4 Å². The molecule has 0 N–H and O–H groups in total. The minimum absolute atomic E-state index is 0.151. The highest BCUT2D eigenvalue weighted by atomic mass is 16.5. The van der Waals surface area contributed by atoms with E-state index < -0.39 is 0 Å². The summed E-state index contributed by atoms with van der Waals surface area (Å²) in [6.07, 6.45) is 8.04. The zero-order chi connectivity index (χ0) is 17.9. The van der Waals surface area contributed by atoms with E-state index in [0.717, 1.165) is 44.1 Å². The number of benzene rings is 1. The predicted molar refractivity (Wildman–Crippen MR) is 101 cm³/mol. The van der Waals surface area contributed by atoms with E-state index in [4.69, 9.17) is 4.74 Å². The van der Waals surface area contributed by atoms with E-state index in [2.05, 4.69) is 28.9 Å². The van der Waals surface area contributed by atoms with Gasteiger partial charge >= 0.3 is 0 Å². The van der Waals surface area contributed by atoms with Crippen LogP contribution in [0.5, 0.6) is 5.88 Å². The molecule has 26 heavy (non-hydrogen) atoms. The van der Waals surface area contributed by atoms with Gasteiger partial charge in [-0.1, -0.05) is 31.5 Å². The lowest BCUT2D eigenvalue weighted by molar-refractivity contribution is 0.0348. The number of pyridine rings is 1. The highest BCUT2D eigenvalue weighted by molar-refractivity contribution is 5.95. The second kappa shape index (κ2) is 7.48. The molecule has 2 saturated heterocycles. The fourth-order valence-corrected chi connectivity index (χ4v) is 4.39. The molecule has 2 unspecified atom stereocenters. The lowest BCUT2D eigenvalue weighted by Gasteiger charge is -2.38. The lowest BCUT2D eigenvalue weighted by Crippen LogP contribution is -2.49. The first-order chi connectivity index (χ1) is 12.7. The molecule has 4 rings (SSSR count). The zero-order valence-corrected chi connectivity index (χ0v) is 15.3. The van der Waals surface area contributed by atoms with Crippen LogP contribution in [-0.2, 0) is 6.42 Å². The van der Waals surface area contributed by atoms with Crippen LogP contribution in [0, 0.1) is 0 Å². The summed E-state index contributed by atoms with van der Waals surface area (Å²) >= 11 is 0. The number of ether oxygens (including phenoxy) is 1. The van der Waals surface area contributed by atoms with Crippen molar-refractivity contribution >= 4 is 5.91 Å². The van der Waals surface area contributed by atoms with Crippen LogP contribution in [-0.4, -0.2) is 34.0 Å². The maximum Gasteiger partial charge on any atom is 0.254 e. The molecular formula is C22H26N2O2. The summed E-state index contributed by atoms with van der Waals surface area (Å²) in [7, 11) is 0. The normalized spacial score (nSPS) is 24.5. The zero-order valence-electron chi connectivity index (χ0n) is 15.3. The van der Waals surface area contributed by atoms with Crippen molar-refractivity contribution < 1.29 is 9.53 Å². The highest BCUT2D eigenvalue weighted by Crippen LogP contribution is 2.38. The second-order valence-corrected chi connectivity index (χ2v) is 7.42. The van der Waals surface area contributed by atoms with Crippen LogP contribution in [0.4, 0.5) is 0 Å². The van der Waals surface area contributed by atoms with E-state index in [-0.39, 0.29) is 24.1 Å². The van der Waals surface area contributed by atoms with E-state index >= 15 is 0 Å². The van der Waals surface area contributed by atoms with Crippen LogP contribution in [0.3, 0.4) is 0 Å². The molecule has 2 aromatic rings. The van der Waals surface area contributed by atoms with E-state index in [0.29, 0.717) is 5.88 Å². The van der Waals surface area contributed by atoms with Gasteiger partial charge in [-0.2, -0.15) is 0 Å². The van der Waals surface area contributed by atoms with Crippen molar-refractivity contribution in [3.05, 3.63) is 59.8 Å². The summed E-state index contributed by atoms with van der Waals surface area (Å²) in [5, 5.41) is 0. The first-order valence-electron chi connectivity index (χ1n) is 9.74. The Morgan fingerprint density at radius 3 is 2.46 bits per heavy atom. The highest BCUT2D eigenvalue weighted by Gasteiger charge is 2.44. The lowest BCUT2D eigenvalue weighted by atomic mass is 9.98. The van der Waals surface area contributed by atoms with Gasteiger partial charge in [0.05, 0.1) is 0 Å². The molecule has 3 heterocycles. The number of carbonyl (C=O) groups excluding carboxylic acids is 1. The summed E-state index contributed by atoms with van der Waals surface area (Å²) in [6, 6.07) is 14.5. The van der Waals surface area contributed by atoms with Crippen molar-refractivity contribution in [3.63, 3.8) is 0 Å². The summed E-state index contributed by atoms with van der Waals surface area (Å²) in [6.45, 7) is 2.17. The average molecular weight is 350 g/mol. The van der Waals surface area contributed by atoms with Crippen LogP contribution < -0.4 is 4.74 Å². The third-order valence-electron chi connectivity index (χ3n) is 5.59. The molecule has 136 valence electrons. The average Bonchev–Trinajstić information content (AvgIpc) is 2.93. The van der Waals surface area contributed by atoms with Crippen LogP contribution in [0.2, 0.25) is 0 Å². The van der Waals surface area contributed by atoms with E-state index in [1.807, 2.05) is 30.3 Å². The number of amides is 1. The first kappa shape index (κ1) is 17.1. The molecule has 0 saturated carbocycles. The minimum Gasteiger partial charge on any atom is -0.474 e. The Morgan fingerprint density at radius 1 is 1.12 bits per heavy atom. The molecule has 1 aromatic carbocycles. The third-order valence-corrected chi connectivity index (χ3v) is 5.59. The number of aromatic nitrogens is 1. The Hall–Kier alpha value is -2.36. The van der Waals surface area contributed by atoms with Crippen LogP contribution in [0.1, 0.15) is 54.9 Å². The monoisotopic (exact) mass is 350 g/mol. The summed E-state index contributed by atoms with van der Waals surface area (Å²) < 4.78 is 6.06. The van der Waals surface area contributed by atoms with Crippen LogP contribution in [0.15, 0.2) is 48.7 Å². The molecule has 2 atom stereocenters. The third kappa shape index (κ3) is 3.46. The minimum atomic E-state index is 0.151. The molecule has 2 bridgehead atoms. The summed E-state index contributed by atoms with van der Waals surface area (Å²) in [5.41, 5.74) is 2.11. The van der Waals surface area contributed by atoms with Crippen molar-refractivity contribution in [3.8, 4) is 5.88 Å². The quantitative estimate of drug-likeness (QED) is 0.810. The van der Waals surface area contributed by atoms with Gasteiger partial charge in [0, 0.05) is 42.8 Å². The molecule has 0 spiro atoms. The maximum atomic E-state index is 13.1. The van der Waals surface area contributed by atoms with Gasteiger partial charge in [0.15, 0.2) is 0 Å². The van der Waals surface area contributed by atoms with Crippen molar-refractivity contribution in [2.45, 2.75) is 63.6 Å². The van der Waals surface area contributed by atoms with Crippen LogP contribution >= 0.6 is 0 Å². The van der Waals surface area contributed by atoms with Crippen LogP contribution in [0.25, 0.3) is 0 Å². The smallest absolute Gasteiger partial charge is 0.254 e. The number of nitrogens with zero attached hydrogens (tertiary/aromatic N) is 2. The fraction of sp³-hybridized carbons (Fsp3) is 0.455. The molecular weight excluding hydrogens is 324 g/mol. The Morgan fingerprint density at radius 2 is 1.85 bits per heavy atom. The molecule has 2 aliphatic heterocycles. The molecule has 4 heteroatoms. The number of hydrogen-bond donors (Lipinski definition) is 0. The van der Waals surface area contributed by atoms with Crippen molar-refractivity contribution in [1.82, 2.24) is 9.88 Å². The second-order valence-electron chi connectivity index (χ2n) is 7.42. The van der Waals surface area contributed by atoms with Gasteiger partial charge in [-0.15, -0.1) is 0 Å². The van der Waals surface area contributed by atoms with Crippen molar-refractivity contribution in [2.24, 2.45) is 0 Å². The number of carbonyl (C=O) groups is 1. The number of hydrogen-bond acceptors (Lipinski definition) is 3. The van der Waals surface area contributed by atoms with Gasteiger partial charge < -0.3 is 9.64 Å². The van der Waals surface area contributed by atoms with Crippen molar-refractivity contribution in [1.29, 1.82) is 0 Å². The number of aryl methyl sites for hydroxylation is 1. The van der Waals surface area contributed by atoms with Gasteiger partial charge in [0.2, 0.25) is 5.88 Å². The largest absolute Gasteiger partial charge is 0.474 e. The van der Waals surface area contributed by atoms with Crippen molar-refractivity contribution in [2.75, 3.05) is 0 Å². The molecule has 2 fully saturated rings. The maximum absolute atomic E-state index is 13.1.